The largest absolute Gasteiger partial charge is 0.507 e. The van der Waals surface area contributed by atoms with Gasteiger partial charge in [0.15, 0.2) is 16.8 Å². The maximum absolute atomic E-state index is 13.0. The molecule has 0 radical (unpaired) electrons. The molecule has 482 valence electrons. The van der Waals surface area contributed by atoms with Crippen molar-refractivity contribution >= 4 is 80.9 Å². The molecular weight excluding hydrogens is 1170 g/mol. The van der Waals surface area contributed by atoms with Crippen molar-refractivity contribution in [2.75, 3.05) is 72.8 Å². The van der Waals surface area contributed by atoms with Gasteiger partial charge in [0.1, 0.15) is 35.7 Å². The number of fused-ring (bicyclic) bond motifs is 2. The van der Waals surface area contributed by atoms with Crippen molar-refractivity contribution in [3.05, 3.63) is 165 Å². The molecule has 5 heterocycles. The lowest BCUT2D eigenvalue weighted by Crippen LogP contribution is -2.28. The zero-order valence-corrected chi connectivity index (χ0v) is 52.9. The summed E-state index contributed by atoms with van der Waals surface area (Å²) in [6, 6.07) is 32.2. The number of likely N-dealkylation sites (tertiary alicyclic amines) is 1. The van der Waals surface area contributed by atoms with Gasteiger partial charge in [-0.25, -0.2) is 16.3 Å². The average Bonchev–Trinajstić information content (AvgIpc) is 0.864. The number of aryl methyl sites for hydroxylation is 1. The summed E-state index contributed by atoms with van der Waals surface area (Å²) >= 11 is 0. The van der Waals surface area contributed by atoms with Gasteiger partial charge in [-0.1, -0.05) is 47.5 Å². The molecule has 1 aliphatic heterocycles. The quantitative estimate of drug-likeness (QED) is 0.0179. The molecule has 4 aromatic heterocycles. The highest BCUT2D eigenvalue weighted by Crippen LogP contribution is 2.27. The Morgan fingerprint density at radius 3 is 1.54 bits per heavy atom. The van der Waals surface area contributed by atoms with Crippen molar-refractivity contribution in [3.63, 3.8) is 0 Å². The van der Waals surface area contributed by atoms with E-state index in [1.807, 2.05) is 66.1 Å². The molecule has 0 spiro atoms. The van der Waals surface area contributed by atoms with Crippen molar-refractivity contribution in [3.8, 4) is 23.1 Å². The molecule has 92 heavy (non-hydrogen) atoms. The number of rotatable bonds is 22. The fourth-order valence-electron chi connectivity index (χ4n) is 10.5. The van der Waals surface area contributed by atoms with Crippen LogP contribution in [0.25, 0.3) is 27.6 Å². The molecule has 0 unspecified atom stereocenters. The number of H-pyrrole nitrogens is 1. The van der Waals surface area contributed by atoms with Gasteiger partial charge in [-0.15, -0.1) is 5.10 Å². The molecule has 1 fully saturated rings. The first-order chi connectivity index (χ1) is 44.6. The standard InChI is InChI=1S/C26H26N4O3.C24H33N9O3.C16H21N5O2/c1-3-29(4-2)19-14-13-18(24(31)15-19)16-27-28-25(32)17-30-22-11-7-5-9-20(22)26(33)21-10-6-8-12-23(21)30;1-3-32(4-2)18-10-9-17(21(34)13-18)14-26-28-24(35)22-20(15-31-11-7-5-6-8-12-31)33(30-27-22)23-19(25)16-36-29-23;1-4-21(5-2)13-7-6-12(15(22)9-13)10-17-20-16(23)14-8-11(3)18-19-14/h5-16,31H,3-4,17H2,1-2H3,(H,28,32);9-10,13-14,16,34H,3-8,11-12,15,25H2,1-2H3,(H,28,35);6-10,22H,4-5H2,1-3H3,(H,18,19)(H,20,23)/b27-16+;26-14-;17-10+. The molecule has 9 N–H and O–H groups in total. The molecule has 3 amide bonds. The van der Waals surface area contributed by atoms with E-state index in [1.165, 1.54) is 42.4 Å². The molecular formula is C66H80N18O8. The van der Waals surface area contributed by atoms with Gasteiger partial charge in [-0.05, 0) is 141 Å². The number of carbonyl (C=O) groups excluding carboxylic acids is 3. The van der Waals surface area contributed by atoms with Crippen molar-refractivity contribution in [2.45, 2.75) is 87.2 Å². The Labute approximate surface area is 532 Å². The Hall–Kier alpha value is -10.9. The number of nitrogens with zero attached hydrogens (tertiary/aromatic N) is 13. The number of anilines is 4. The molecule has 0 atom stereocenters. The van der Waals surface area contributed by atoms with E-state index in [9.17, 15) is 34.5 Å². The summed E-state index contributed by atoms with van der Waals surface area (Å²) in [5, 5.41) is 62.5. The van der Waals surface area contributed by atoms with Crippen molar-refractivity contribution in [1.82, 2.24) is 56.1 Å². The van der Waals surface area contributed by atoms with E-state index in [0.717, 1.165) is 88.0 Å². The van der Waals surface area contributed by atoms with Gasteiger partial charge in [0.25, 0.3) is 17.7 Å². The fraction of sp³-hybridized carbons (Fsp3) is 0.318. The van der Waals surface area contributed by atoms with Gasteiger partial charge in [-0.2, -0.15) is 25.1 Å². The van der Waals surface area contributed by atoms with Gasteiger partial charge in [0.2, 0.25) is 5.82 Å². The number of amides is 3. The number of nitrogens with one attached hydrogen (secondary N) is 4. The third kappa shape index (κ3) is 16.9. The summed E-state index contributed by atoms with van der Waals surface area (Å²) < 4.78 is 8.23. The van der Waals surface area contributed by atoms with Crippen LogP contribution in [0.15, 0.2) is 140 Å². The Bertz CT molecular complexity index is 4050. The van der Waals surface area contributed by atoms with Crippen LogP contribution in [0.5, 0.6) is 17.2 Å². The number of aromatic hydroxyl groups is 3. The summed E-state index contributed by atoms with van der Waals surface area (Å²) in [6.07, 6.45) is 10.1. The molecule has 5 aromatic carbocycles. The minimum absolute atomic E-state index is 0.00841. The number of para-hydroxylation sites is 2. The summed E-state index contributed by atoms with van der Waals surface area (Å²) in [4.78, 5) is 59.0. The molecule has 0 saturated carbocycles. The predicted octanol–water partition coefficient (Wildman–Crippen LogP) is 8.42. The number of hydrazone groups is 3. The zero-order valence-electron chi connectivity index (χ0n) is 52.9. The van der Waals surface area contributed by atoms with Gasteiger partial charge < -0.3 is 44.8 Å². The molecule has 26 nitrogen and oxygen atoms in total. The van der Waals surface area contributed by atoms with Crippen LogP contribution in [0.4, 0.5) is 22.7 Å². The number of hydrogen-bond donors (Lipinski definition) is 8. The maximum atomic E-state index is 13.0. The van der Waals surface area contributed by atoms with Crippen LogP contribution in [0, 0.1) is 6.92 Å². The van der Waals surface area contributed by atoms with Gasteiger partial charge >= 0.3 is 0 Å². The predicted molar refractivity (Wildman–Crippen MR) is 359 cm³/mol. The van der Waals surface area contributed by atoms with Crippen LogP contribution in [-0.2, 0) is 17.9 Å². The maximum Gasteiger partial charge on any atom is 0.293 e. The van der Waals surface area contributed by atoms with Gasteiger partial charge in [-0.3, -0.25) is 29.2 Å². The summed E-state index contributed by atoms with van der Waals surface area (Å²) in [6.45, 7) is 21.5. The SMILES string of the molecule is CCN(CC)c1ccc(/C=N/NC(=O)Cn2c3ccccc3c(=O)c3ccccc32)c(O)c1.CCN(CC)c1ccc(/C=N/NC(=O)c2cc(C)[nH]n2)c(O)c1.CCN(CC)c1ccc(/C=N\NC(=O)c2nnn(-c3nocc3N)c2CN2CCCCCC2)c(O)c1. The first-order valence-electron chi connectivity index (χ1n) is 30.7. The van der Waals surface area contributed by atoms with E-state index in [4.69, 9.17) is 10.3 Å². The minimum Gasteiger partial charge on any atom is -0.507 e. The summed E-state index contributed by atoms with van der Waals surface area (Å²) in [5.74, 6) is -0.712. The van der Waals surface area contributed by atoms with Crippen LogP contribution in [0.3, 0.4) is 0 Å². The number of aromatic nitrogens is 7. The second-order valence-electron chi connectivity index (χ2n) is 21.4. The number of nitrogens with two attached hydrogens (primary N) is 1. The molecule has 10 rings (SSSR count). The first kappa shape index (κ1) is 67.0. The molecule has 0 aliphatic carbocycles. The number of nitrogen functional groups attached to an aromatic ring is 1. The normalized spacial score (nSPS) is 12.6. The van der Waals surface area contributed by atoms with E-state index < -0.39 is 11.8 Å². The smallest absolute Gasteiger partial charge is 0.293 e. The van der Waals surface area contributed by atoms with Gasteiger partial charge in [0.05, 0.1) is 35.4 Å². The highest BCUT2D eigenvalue weighted by atomic mass is 16.5. The minimum atomic E-state index is -0.524. The number of carbonyl (C=O) groups is 3. The number of pyridine rings is 1. The number of hydrogen-bond acceptors (Lipinski definition) is 20. The van der Waals surface area contributed by atoms with Crippen molar-refractivity contribution < 1.29 is 34.2 Å². The van der Waals surface area contributed by atoms with Crippen LogP contribution in [0.1, 0.15) is 116 Å². The molecule has 0 bridgehead atoms. The zero-order chi connectivity index (χ0) is 65.7. The lowest BCUT2D eigenvalue weighted by molar-refractivity contribution is -0.121. The van der Waals surface area contributed by atoms with Crippen LogP contribution >= 0.6 is 0 Å². The van der Waals surface area contributed by atoms with Crippen LogP contribution in [-0.4, -0.2) is 144 Å². The molecule has 26 heteroatoms. The molecule has 1 aliphatic rings. The topological polar surface area (TPSA) is 331 Å². The molecule has 1 saturated heterocycles. The fourth-order valence-corrected chi connectivity index (χ4v) is 10.5. The molecule has 9 aromatic rings. The van der Waals surface area contributed by atoms with E-state index in [0.29, 0.717) is 56.4 Å². The second kappa shape index (κ2) is 32.5. The number of phenolic OH excluding ortho intramolecular Hbond substituents is 3. The van der Waals surface area contributed by atoms with Crippen molar-refractivity contribution in [2.24, 2.45) is 15.3 Å². The lowest BCUT2D eigenvalue weighted by Gasteiger charge is -2.21. The lowest BCUT2D eigenvalue weighted by atomic mass is 10.1. The van der Waals surface area contributed by atoms with Crippen molar-refractivity contribution in [1.29, 1.82) is 0 Å². The van der Waals surface area contributed by atoms with E-state index in [-0.39, 0.29) is 52.3 Å². The average molecular weight is 1250 g/mol. The third-order valence-corrected chi connectivity index (χ3v) is 15.5. The Balaban J connectivity index is 0.000000182. The number of benzene rings is 5. The Morgan fingerprint density at radius 2 is 1.11 bits per heavy atom. The number of phenols is 3. The third-order valence-electron chi connectivity index (χ3n) is 15.5. The monoisotopic (exact) mass is 1250 g/mol. The van der Waals surface area contributed by atoms with E-state index >= 15 is 0 Å². The van der Waals surface area contributed by atoms with E-state index in [1.54, 1.807) is 54.6 Å². The van der Waals surface area contributed by atoms with Crippen LogP contribution < -0.4 is 42.1 Å². The Morgan fingerprint density at radius 1 is 0.641 bits per heavy atom. The van der Waals surface area contributed by atoms with Crippen LogP contribution in [0.2, 0.25) is 0 Å². The summed E-state index contributed by atoms with van der Waals surface area (Å²) in [7, 11) is 0. The highest BCUT2D eigenvalue weighted by molar-refractivity contribution is 5.97. The van der Waals surface area contributed by atoms with Gasteiger partial charge in [0, 0.05) is 114 Å². The first-order valence-corrected chi connectivity index (χ1v) is 30.7. The second-order valence-corrected chi connectivity index (χ2v) is 21.4. The summed E-state index contributed by atoms with van der Waals surface area (Å²) in [5.41, 5.74) is 21.0. The highest BCUT2D eigenvalue weighted by Gasteiger charge is 2.26. The number of aromatic amines is 1. The Kier molecular flexibility index (Phi) is 23.7. The van der Waals surface area contributed by atoms with E-state index in [2.05, 4.69) is 118 Å².